The van der Waals surface area contributed by atoms with Gasteiger partial charge in [0.25, 0.3) is 0 Å². The molecule has 6 nitrogen and oxygen atoms in total. The van der Waals surface area contributed by atoms with E-state index in [1.165, 1.54) is 28.3 Å². The molecule has 6 heteroatoms. The van der Waals surface area contributed by atoms with Crippen LogP contribution in [0.15, 0.2) is 72.8 Å². The predicted molar refractivity (Wildman–Crippen MR) is 213 cm³/mol. The molecule has 0 amide bonds. The highest BCUT2D eigenvalue weighted by molar-refractivity contribution is 5.38. The number of nitrogens with zero attached hydrogens (tertiary/aromatic N) is 6. The summed E-state index contributed by atoms with van der Waals surface area (Å²) in [5.41, 5.74) is 11.2. The van der Waals surface area contributed by atoms with E-state index in [2.05, 4.69) is 192 Å². The molecule has 0 bridgehead atoms. The second kappa shape index (κ2) is 16.0. The highest BCUT2D eigenvalue weighted by Crippen LogP contribution is 2.29. The first kappa shape index (κ1) is 40.5. The topological polar surface area (TPSA) is 53.5 Å². The van der Waals surface area contributed by atoms with Crippen molar-refractivity contribution in [2.75, 3.05) is 0 Å². The van der Waals surface area contributed by atoms with Crippen LogP contribution in [0.1, 0.15) is 161 Å². The Kier molecular flexibility index (Phi) is 12.9. The molecule has 0 aliphatic carbocycles. The fraction of sp³-hybridized carbons (Fsp3) is 0.523. The first-order valence-corrected chi connectivity index (χ1v) is 18.4. The minimum Gasteiger partial charge on any atom is -0.272 e. The van der Waals surface area contributed by atoms with Gasteiger partial charge in [-0.25, -0.2) is 9.36 Å². The lowest BCUT2D eigenvalue weighted by Crippen LogP contribution is -2.12. The molecule has 272 valence electrons. The van der Waals surface area contributed by atoms with Gasteiger partial charge in [0, 0.05) is 40.4 Å². The predicted octanol–water partition coefficient (Wildman–Crippen LogP) is 11.7. The van der Waals surface area contributed by atoms with Crippen molar-refractivity contribution < 1.29 is 0 Å². The molecule has 0 aliphatic rings. The molecule has 5 aromatic rings. The van der Waals surface area contributed by atoms with E-state index in [0.717, 1.165) is 22.8 Å². The Morgan fingerprint density at radius 1 is 0.460 bits per heavy atom. The Morgan fingerprint density at radius 3 is 1.12 bits per heavy atom. The number of hydrogen-bond donors (Lipinski definition) is 0. The summed E-state index contributed by atoms with van der Waals surface area (Å²) in [6.45, 7) is 35.2. The van der Waals surface area contributed by atoms with Crippen molar-refractivity contribution in [2.24, 2.45) is 7.05 Å². The van der Waals surface area contributed by atoms with Crippen molar-refractivity contribution in [3.8, 4) is 11.4 Å². The van der Waals surface area contributed by atoms with Gasteiger partial charge in [0.1, 0.15) is 0 Å². The van der Waals surface area contributed by atoms with Gasteiger partial charge < -0.3 is 0 Å². The molecule has 0 unspecified atom stereocenters. The van der Waals surface area contributed by atoms with E-state index in [1.807, 2.05) is 17.8 Å². The summed E-state index contributed by atoms with van der Waals surface area (Å²) in [5, 5.41) is 14.1. The second-order valence-electron chi connectivity index (χ2n) is 17.7. The van der Waals surface area contributed by atoms with Crippen LogP contribution in [0.25, 0.3) is 11.4 Å². The van der Waals surface area contributed by atoms with Crippen molar-refractivity contribution in [2.45, 2.75) is 145 Å². The Balaban J connectivity index is 0.000000207. The summed E-state index contributed by atoms with van der Waals surface area (Å²) in [7, 11) is 2.02. The molecule has 50 heavy (non-hydrogen) atoms. The third-order valence-corrected chi connectivity index (χ3v) is 8.75. The van der Waals surface area contributed by atoms with Crippen LogP contribution in [0.2, 0.25) is 0 Å². The summed E-state index contributed by atoms with van der Waals surface area (Å²) in [6, 6.07) is 25.6. The fourth-order valence-electron chi connectivity index (χ4n) is 5.40. The number of aryl methyl sites for hydroxylation is 2. The molecule has 3 aromatic heterocycles. The van der Waals surface area contributed by atoms with E-state index in [1.54, 1.807) is 0 Å². The zero-order valence-corrected chi connectivity index (χ0v) is 34.3. The number of rotatable bonds is 5. The van der Waals surface area contributed by atoms with Gasteiger partial charge in [-0.2, -0.15) is 15.3 Å². The maximum Gasteiger partial charge on any atom is 0.0685 e. The van der Waals surface area contributed by atoms with Crippen LogP contribution in [0.3, 0.4) is 0 Å². The molecule has 0 N–H and O–H groups in total. The smallest absolute Gasteiger partial charge is 0.0685 e. The van der Waals surface area contributed by atoms with Gasteiger partial charge in [0.2, 0.25) is 0 Å². The highest BCUT2D eigenvalue weighted by atomic mass is 15.3. The van der Waals surface area contributed by atoms with Gasteiger partial charge in [0.05, 0.1) is 28.5 Å². The zero-order chi connectivity index (χ0) is 37.8. The largest absolute Gasteiger partial charge is 0.272 e. The van der Waals surface area contributed by atoms with Gasteiger partial charge in [-0.1, -0.05) is 140 Å². The third kappa shape index (κ3) is 10.5. The van der Waals surface area contributed by atoms with Crippen LogP contribution in [0.5, 0.6) is 0 Å². The van der Waals surface area contributed by atoms with E-state index in [4.69, 9.17) is 10.2 Å². The van der Waals surface area contributed by atoms with E-state index >= 15 is 0 Å². The lowest BCUT2D eigenvalue weighted by molar-refractivity contribution is 0.550. The number of para-hydroxylation sites is 1. The van der Waals surface area contributed by atoms with Gasteiger partial charge in [-0.15, -0.1) is 0 Å². The van der Waals surface area contributed by atoms with Crippen molar-refractivity contribution in [1.29, 1.82) is 0 Å². The Hall–Kier alpha value is -3.93. The number of benzene rings is 2. The van der Waals surface area contributed by atoms with Crippen molar-refractivity contribution in [1.82, 2.24) is 29.3 Å². The molecular formula is C44H66N6. The summed E-state index contributed by atoms with van der Waals surface area (Å²) in [6.07, 6.45) is 0. The van der Waals surface area contributed by atoms with Gasteiger partial charge in [-0.3, -0.25) is 4.68 Å². The van der Waals surface area contributed by atoms with E-state index in [9.17, 15) is 0 Å². The van der Waals surface area contributed by atoms with Crippen LogP contribution in [0.4, 0.5) is 0 Å². The standard InChI is InChI=1S/C17H24N2.C16H22N2.C11H20N2/c1-12(2)15-11-16(17(4,5)6)18-19(15)14-9-7-13(3)8-10-14;1-12(2)14-11-15(16(3,4)5)17-18(14)13-9-7-6-8-10-13;1-8(2)9-7-10(11(3,4)5)12-13(9)6/h7-12H,1-6H3;6-12H,1-5H3;7-8H,1-6H3. The average molecular weight is 679 g/mol. The summed E-state index contributed by atoms with van der Waals surface area (Å²) in [4.78, 5) is 0. The Labute approximate surface area is 304 Å². The molecule has 0 fully saturated rings. The van der Waals surface area contributed by atoms with Crippen LogP contribution >= 0.6 is 0 Å². The van der Waals surface area contributed by atoms with E-state index in [0.29, 0.717) is 17.8 Å². The van der Waals surface area contributed by atoms with Crippen molar-refractivity contribution in [3.63, 3.8) is 0 Å². The van der Waals surface area contributed by atoms with Crippen LogP contribution in [0, 0.1) is 6.92 Å². The molecule has 5 rings (SSSR count). The van der Waals surface area contributed by atoms with Crippen LogP contribution in [-0.2, 0) is 23.3 Å². The Morgan fingerprint density at radius 2 is 0.800 bits per heavy atom. The van der Waals surface area contributed by atoms with Crippen molar-refractivity contribution >= 4 is 0 Å². The quantitative estimate of drug-likeness (QED) is 0.186. The lowest BCUT2D eigenvalue weighted by atomic mass is 9.91. The van der Waals surface area contributed by atoms with Crippen LogP contribution < -0.4 is 0 Å². The van der Waals surface area contributed by atoms with E-state index in [-0.39, 0.29) is 16.2 Å². The SMILES string of the molecule is CC(C)c1cc(C(C)(C)C)nn1-c1ccccc1.CC(C)c1cc(C(C)(C)C)nn1C.Cc1ccc(-n2nc(C(C)(C)C)cc2C(C)C)cc1. The molecule has 0 radical (unpaired) electrons. The van der Waals surface area contributed by atoms with Gasteiger partial charge in [-0.05, 0) is 67.1 Å². The molecule has 0 saturated heterocycles. The maximum absolute atomic E-state index is 4.82. The van der Waals surface area contributed by atoms with Gasteiger partial charge in [0.15, 0.2) is 0 Å². The monoisotopic (exact) mass is 679 g/mol. The molecule has 0 aliphatic heterocycles. The fourth-order valence-corrected chi connectivity index (χ4v) is 5.40. The third-order valence-electron chi connectivity index (χ3n) is 8.75. The summed E-state index contributed by atoms with van der Waals surface area (Å²) < 4.78 is 6.15. The maximum atomic E-state index is 4.82. The molecule has 2 aromatic carbocycles. The summed E-state index contributed by atoms with van der Waals surface area (Å²) in [5.74, 6) is 1.48. The zero-order valence-electron chi connectivity index (χ0n) is 34.3. The molecule has 0 spiro atoms. The minimum atomic E-state index is 0.0829. The number of hydrogen-bond acceptors (Lipinski definition) is 3. The normalized spacial score (nSPS) is 12.2. The summed E-state index contributed by atoms with van der Waals surface area (Å²) >= 11 is 0. The molecule has 0 atom stereocenters. The minimum absolute atomic E-state index is 0.0829. The van der Waals surface area contributed by atoms with Gasteiger partial charge >= 0.3 is 0 Å². The first-order chi connectivity index (χ1) is 23.0. The second-order valence-corrected chi connectivity index (χ2v) is 17.7. The molecule has 0 saturated carbocycles. The van der Waals surface area contributed by atoms with E-state index < -0.39 is 0 Å². The molecular weight excluding hydrogens is 613 g/mol. The first-order valence-electron chi connectivity index (χ1n) is 18.4. The Bertz CT molecular complexity index is 1770. The average Bonchev–Trinajstić information content (AvgIpc) is 3.75. The number of aromatic nitrogens is 6. The van der Waals surface area contributed by atoms with Crippen molar-refractivity contribution in [3.05, 3.63) is 113 Å². The van der Waals surface area contributed by atoms with Crippen LogP contribution in [-0.4, -0.2) is 29.3 Å². The lowest BCUT2D eigenvalue weighted by Gasteiger charge is -2.14. The molecule has 3 heterocycles. The highest BCUT2D eigenvalue weighted by Gasteiger charge is 2.23.